The van der Waals surface area contributed by atoms with Crippen molar-refractivity contribution in [3.05, 3.63) is 71.3 Å². The van der Waals surface area contributed by atoms with Gasteiger partial charge in [-0.15, -0.1) is 0 Å². The normalized spacial score (nSPS) is 10.8. The highest BCUT2D eigenvalue weighted by atomic mass is 19.1. The third-order valence-electron chi connectivity index (χ3n) is 2.23. The van der Waals surface area contributed by atoms with Crippen molar-refractivity contribution in [3.63, 3.8) is 0 Å². The maximum atomic E-state index is 12.6. The van der Waals surface area contributed by atoms with E-state index in [4.69, 9.17) is 4.84 Å². The molecule has 0 heterocycles. The molecule has 0 atom stereocenters. The largest absolute Gasteiger partial charge is 0.390 e. The van der Waals surface area contributed by atoms with Crippen LogP contribution >= 0.6 is 0 Å². The highest BCUT2D eigenvalue weighted by Gasteiger charge is 1.94. The van der Waals surface area contributed by atoms with E-state index in [1.807, 2.05) is 0 Å². The Hall–Kier alpha value is -2.23. The zero-order chi connectivity index (χ0) is 12.8. The summed E-state index contributed by atoms with van der Waals surface area (Å²) < 4.78 is 25.2. The Balaban J connectivity index is 1.84. The molecule has 4 heteroatoms. The minimum Gasteiger partial charge on any atom is -0.390 e. The van der Waals surface area contributed by atoms with E-state index in [-0.39, 0.29) is 18.2 Å². The molecule has 0 aliphatic heterocycles. The van der Waals surface area contributed by atoms with Gasteiger partial charge in [0.2, 0.25) is 0 Å². The van der Waals surface area contributed by atoms with E-state index >= 15 is 0 Å². The van der Waals surface area contributed by atoms with E-state index < -0.39 is 0 Å². The van der Waals surface area contributed by atoms with Crippen molar-refractivity contribution in [2.24, 2.45) is 5.16 Å². The molecular formula is C14H10F2NO. The Kier molecular flexibility index (Phi) is 4.02. The second-order valence-electron chi connectivity index (χ2n) is 3.61. The highest BCUT2D eigenvalue weighted by molar-refractivity contribution is 5.78. The van der Waals surface area contributed by atoms with Gasteiger partial charge in [0.1, 0.15) is 24.5 Å². The van der Waals surface area contributed by atoms with Gasteiger partial charge in [-0.25, -0.2) is 8.78 Å². The van der Waals surface area contributed by atoms with E-state index in [9.17, 15) is 8.78 Å². The molecule has 0 saturated carbocycles. The zero-order valence-electron chi connectivity index (χ0n) is 9.44. The fraction of sp³-hybridized carbons (Fsp3) is 0.0714. The SMILES string of the molecule is Fc1ccc(/[C]=N\OCc2ccc(F)cc2)cc1. The monoisotopic (exact) mass is 246 g/mol. The average molecular weight is 246 g/mol. The minimum absolute atomic E-state index is 0.231. The standard InChI is InChI=1S/C14H10F2NO/c15-13-5-1-11(2-6-13)9-17-18-10-12-3-7-14(16)8-4-12/h1-8H,10H2. The van der Waals surface area contributed by atoms with Crippen molar-refractivity contribution in [1.82, 2.24) is 0 Å². The van der Waals surface area contributed by atoms with Gasteiger partial charge in [0, 0.05) is 5.56 Å². The molecule has 2 rings (SSSR count). The summed E-state index contributed by atoms with van der Waals surface area (Å²) in [5.74, 6) is -0.604. The summed E-state index contributed by atoms with van der Waals surface area (Å²) in [5, 5.41) is 3.62. The van der Waals surface area contributed by atoms with Gasteiger partial charge >= 0.3 is 0 Å². The summed E-state index contributed by atoms with van der Waals surface area (Å²) in [6.45, 7) is 0.231. The van der Waals surface area contributed by atoms with E-state index in [1.54, 1.807) is 24.3 Å². The van der Waals surface area contributed by atoms with Crippen LogP contribution in [0.15, 0.2) is 53.7 Å². The first-order chi connectivity index (χ1) is 8.74. The Morgan fingerprint density at radius 3 is 2.06 bits per heavy atom. The van der Waals surface area contributed by atoms with Gasteiger partial charge in [-0.05, 0) is 42.0 Å². The lowest BCUT2D eigenvalue weighted by molar-refractivity contribution is 0.132. The van der Waals surface area contributed by atoms with Crippen LogP contribution in [0.5, 0.6) is 0 Å². The molecule has 18 heavy (non-hydrogen) atoms. The summed E-state index contributed by atoms with van der Waals surface area (Å²) in [6, 6.07) is 11.7. The van der Waals surface area contributed by atoms with Crippen LogP contribution in [0.25, 0.3) is 0 Å². The fourth-order valence-electron chi connectivity index (χ4n) is 1.30. The topological polar surface area (TPSA) is 21.6 Å². The van der Waals surface area contributed by atoms with Crippen LogP contribution in [0, 0.1) is 11.6 Å². The molecule has 0 aromatic heterocycles. The van der Waals surface area contributed by atoms with Crippen molar-refractivity contribution in [2.45, 2.75) is 6.61 Å². The molecule has 0 saturated heterocycles. The Morgan fingerprint density at radius 2 is 1.44 bits per heavy atom. The highest BCUT2D eigenvalue weighted by Crippen LogP contribution is 2.04. The molecule has 1 radical (unpaired) electrons. The molecule has 2 aromatic rings. The van der Waals surface area contributed by atoms with Crippen LogP contribution in [0.3, 0.4) is 0 Å². The number of benzene rings is 2. The van der Waals surface area contributed by atoms with Crippen LogP contribution in [0.1, 0.15) is 11.1 Å². The molecule has 91 valence electrons. The van der Waals surface area contributed by atoms with Crippen molar-refractivity contribution in [1.29, 1.82) is 0 Å². The van der Waals surface area contributed by atoms with Gasteiger partial charge in [-0.3, -0.25) is 0 Å². The summed E-state index contributed by atoms with van der Waals surface area (Å²) >= 11 is 0. The van der Waals surface area contributed by atoms with E-state index in [2.05, 4.69) is 11.4 Å². The van der Waals surface area contributed by atoms with Crippen molar-refractivity contribution >= 4 is 6.21 Å². The smallest absolute Gasteiger partial charge is 0.142 e. The quantitative estimate of drug-likeness (QED) is 0.598. The van der Waals surface area contributed by atoms with Crippen molar-refractivity contribution < 1.29 is 13.6 Å². The molecule has 0 N–H and O–H groups in total. The lowest BCUT2D eigenvalue weighted by atomic mass is 10.2. The molecule has 2 nitrogen and oxygen atoms in total. The summed E-state index contributed by atoms with van der Waals surface area (Å²) in [4.78, 5) is 4.99. The second kappa shape index (κ2) is 5.91. The molecule has 0 bridgehead atoms. The van der Waals surface area contributed by atoms with Crippen LogP contribution in [-0.4, -0.2) is 6.21 Å². The summed E-state index contributed by atoms with van der Waals surface area (Å²) in [6.07, 6.45) is 2.62. The predicted molar refractivity (Wildman–Crippen MR) is 64.1 cm³/mol. The average Bonchev–Trinajstić information content (AvgIpc) is 2.39. The fourth-order valence-corrected chi connectivity index (χ4v) is 1.30. The number of nitrogens with zero attached hydrogens (tertiary/aromatic N) is 1. The van der Waals surface area contributed by atoms with Crippen molar-refractivity contribution in [3.8, 4) is 0 Å². The molecule has 0 amide bonds. The minimum atomic E-state index is -0.312. The van der Waals surface area contributed by atoms with Crippen LogP contribution < -0.4 is 0 Å². The van der Waals surface area contributed by atoms with Gasteiger partial charge in [0.25, 0.3) is 0 Å². The molecule has 0 aliphatic rings. The van der Waals surface area contributed by atoms with Gasteiger partial charge in [-0.1, -0.05) is 17.3 Å². The first-order valence-electron chi connectivity index (χ1n) is 5.32. The summed E-state index contributed by atoms with van der Waals surface area (Å²) in [7, 11) is 0. The Labute approximate surface area is 104 Å². The lowest BCUT2D eigenvalue weighted by Crippen LogP contribution is -1.88. The number of hydrogen-bond acceptors (Lipinski definition) is 2. The third kappa shape index (κ3) is 3.66. The predicted octanol–water partition coefficient (Wildman–Crippen LogP) is 3.39. The van der Waals surface area contributed by atoms with Crippen molar-refractivity contribution in [2.75, 3.05) is 0 Å². The summed E-state index contributed by atoms with van der Waals surface area (Å²) in [5.41, 5.74) is 1.43. The number of halogens is 2. The van der Waals surface area contributed by atoms with Gasteiger partial charge in [0.05, 0.1) is 0 Å². The van der Waals surface area contributed by atoms with Crippen LogP contribution in [0.4, 0.5) is 8.78 Å². The van der Waals surface area contributed by atoms with E-state index in [1.165, 1.54) is 24.3 Å². The van der Waals surface area contributed by atoms with Gasteiger partial charge < -0.3 is 4.84 Å². The zero-order valence-corrected chi connectivity index (χ0v) is 9.44. The third-order valence-corrected chi connectivity index (χ3v) is 2.23. The molecule has 0 unspecified atom stereocenters. The van der Waals surface area contributed by atoms with Crippen LogP contribution in [-0.2, 0) is 11.4 Å². The maximum absolute atomic E-state index is 12.6. The maximum Gasteiger partial charge on any atom is 0.142 e. The molecule has 0 spiro atoms. The first-order valence-corrected chi connectivity index (χ1v) is 5.32. The Bertz CT molecular complexity index is 520. The number of hydrogen-bond donors (Lipinski definition) is 0. The molecular weight excluding hydrogens is 236 g/mol. The Morgan fingerprint density at radius 1 is 0.889 bits per heavy atom. The van der Waals surface area contributed by atoms with E-state index in [0.29, 0.717) is 5.56 Å². The van der Waals surface area contributed by atoms with E-state index in [0.717, 1.165) is 5.56 Å². The first kappa shape index (κ1) is 12.2. The van der Waals surface area contributed by atoms with Crippen LogP contribution in [0.2, 0.25) is 0 Å². The molecule has 0 fully saturated rings. The molecule has 2 aromatic carbocycles. The van der Waals surface area contributed by atoms with Gasteiger partial charge in [0.15, 0.2) is 0 Å². The lowest BCUT2D eigenvalue weighted by Gasteiger charge is -1.99. The molecule has 0 aliphatic carbocycles. The van der Waals surface area contributed by atoms with Gasteiger partial charge in [-0.2, -0.15) is 0 Å². The number of rotatable bonds is 4. The second-order valence-corrected chi connectivity index (χ2v) is 3.61.